The van der Waals surface area contributed by atoms with Crippen LogP contribution in [0.4, 0.5) is 13.2 Å². The summed E-state index contributed by atoms with van der Waals surface area (Å²) in [5.74, 6) is 0.256. The first-order chi connectivity index (χ1) is 7.57. The maximum absolute atomic E-state index is 12.0. The molecule has 0 heterocycles. The van der Waals surface area contributed by atoms with Crippen molar-refractivity contribution in [3.63, 3.8) is 0 Å². The van der Waals surface area contributed by atoms with Gasteiger partial charge in [0.2, 0.25) is 8.32 Å². The molecule has 0 aliphatic rings. The topological polar surface area (TPSA) is 18.5 Å². The van der Waals surface area contributed by atoms with Crippen molar-refractivity contribution in [3.05, 3.63) is 22.7 Å². The first-order valence-corrected chi connectivity index (χ1v) is 9.01. The Bertz CT molecular complexity index is 402. The molecule has 0 saturated carbocycles. The molecule has 0 unspecified atom stereocenters. The van der Waals surface area contributed by atoms with E-state index in [1.807, 2.05) is 19.6 Å². The van der Waals surface area contributed by atoms with Crippen molar-refractivity contribution in [2.45, 2.75) is 26.0 Å². The fraction of sp³-hybridized carbons (Fsp3) is 0.400. The Balaban J connectivity index is 2.87. The van der Waals surface area contributed by atoms with Gasteiger partial charge in [0.05, 0.1) is 4.47 Å². The molecule has 0 aromatic heterocycles. The molecule has 0 aliphatic heterocycles. The lowest BCUT2D eigenvalue weighted by atomic mass is 10.3. The van der Waals surface area contributed by atoms with Crippen LogP contribution in [-0.2, 0) is 0 Å². The second-order valence-electron chi connectivity index (χ2n) is 4.35. The second kappa shape index (κ2) is 4.89. The van der Waals surface area contributed by atoms with E-state index in [1.165, 1.54) is 18.2 Å². The molecule has 0 N–H and O–H groups in total. The van der Waals surface area contributed by atoms with E-state index in [0.717, 1.165) is 0 Å². The molecule has 2 nitrogen and oxygen atoms in total. The molecule has 7 heteroatoms. The number of halogens is 4. The molecule has 0 amide bonds. The predicted octanol–water partition coefficient (Wildman–Crippen LogP) is 4.56. The Morgan fingerprint density at radius 2 is 1.76 bits per heavy atom. The van der Waals surface area contributed by atoms with Crippen LogP contribution in [0.2, 0.25) is 19.6 Å². The van der Waals surface area contributed by atoms with Gasteiger partial charge in [-0.2, -0.15) is 0 Å². The molecule has 0 bridgehead atoms. The van der Waals surface area contributed by atoms with Crippen molar-refractivity contribution in [1.82, 2.24) is 0 Å². The minimum Gasteiger partial charge on any atom is -0.544 e. The van der Waals surface area contributed by atoms with E-state index in [0.29, 0.717) is 10.2 Å². The number of rotatable bonds is 3. The van der Waals surface area contributed by atoms with Crippen LogP contribution >= 0.6 is 15.9 Å². The Hall–Kier alpha value is -0.693. The summed E-state index contributed by atoms with van der Waals surface area (Å²) >= 11 is 3.16. The van der Waals surface area contributed by atoms with Crippen molar-refractivity contribution in [2.75, 3.05) is 0 Å². The van der Waals surface area contributed by atoms with E-state index < -0.39 is 14.7 Å². The van der Waals surface area contributed by atoms with Gasteiger partial charge < -0.3 is 9.16 Å². The highest BCUT2D eigenvalue weighted by atomic mass is 79.9. The smallest absolute Gasteiger partial charge is 0.544 e. The van der Waals surface area contributed by atoms with E-state index in [4.69, 9.17) is 4.43 Å². The SMILES string of the molecule is C[Si](C)(C)Oc1ccc(OC(F)(F)F)cc1Br. The van der Waals surface area contributed by atoms with Gasteiger partial charge in [0.1, 0.15) is 11.5 Å². The summed E-state index contributed by atoms with van der Waals surface area (Å²) in [7, 11) is -1.79. The fourth-order valence-electron chi connectivity index (χ4n) is 1.09. The highest BCUT2D eigenvalue weighted by molar-refractivity contribution is 9.10. The van der Waals surface area contributed by atoms with Crippen LogP contribution < -0.4 is 9.16 Å². The average molecular weight is 329 g/mol. The Morgan fingerprint density at radius 1 is 1.18 bits per heavy atom. The minimum atomic E-state index is -4.68. The third-order valence-electron chi connectivity index (χ3n) is 1.55. The molecule has 0 radical (unpaired) electrons. The zero-order chi connectivity index (χ0) is 13.3. The van der Waals surface area contributed by atoms with E-state index >= 15 is 0 Å². The number of alkyl halides is 3. The number of benzene rings is 1. The summed E-state index contributed by atoms with van der Waals surface area (Å²) < 4.78 is 45.9. The molecule has 0 spiro atoms. The van der Waals surface area contributed by atoms with Crippen molar-refractivity contribution in [2.24, 2.45) is 0 Å². The number of hydrogen-bond acceptors (Lipinski definition) is 2. The molecule has 1 aromatic rings. The standard InChI is InChI=1S/C10H12BrF3O2Si/c1-17(2,3)16-9-5-4-7(6-8(9)11)15-10(12,13)14/h4-6H,1-3H3. The summed E-state index contributed by atoms with van der Waals surface area (Å²) in [6, 6.07) is 3.93. The summed E-state index contributed by atoms with van der Waals surface area (Å²) in [6.07, 6.45) is -4.68. The average Bonchev–Trinajstić information content (AvgIpc) is 2.05. The van der Waals surface area contributed by atoms with E-state index in [1.54, 1.807) is 0 Å². The molecule has 1 aromatic carbocycles. The van der Waals surface area contributed by atoms with Crippen LogP contribution in [0.3, 0.4) is 0 Å². The maximum atomic E-state index is 12.0. The van der Waals surface area contributed by atoms with Crippen LogP contribution in [0.1, 0.15) is 0 Å². The summed E-state index contributed by atoms with van der Waals surface area (Å²) in [5.41, 5.74) is 0. The summed E-state index contributed by atoms with van der Waals surface area (Å²) in [6.45, 7) is 5.96. The van der Waals surface area contributed by atoms with Crippen molar-refractivity contribution < 1.29 is 22.3 Å². The maximum Gasteiger partial charge on any atom is 0.573 e. The summed E-state index contributed by atoms with van der Waals surface area (Å²) in [5, 5.41) is 0. The Morgan fingerprint density at radius 3 is 2.18 bits per heavy atom. The van der Waals surface area contributed by atoms with Crippen molar-refractivity contribution in [1.29, 1.82) is 0 Å². The molecule has 1 rings (SSSR count). The third-order valence-corrected chi connectivity index (χ3v) is 3.01. The van der Waals surface area contributed by atoms with Gasteiger partial charge >= 0.3 is 6.36 Å². The largest absolute Gasteiger partial charge is 0.573 e. The first kappa shape index (κ1) is 14.4. The highest BCUT2D eigenvalue weighted by Gasteiger charge is 2.31. The fourth-order valence-corrected chi connectivity index (χ4v) is 2.52. The van der Waals surface area contributed by atoms with Gasteiger partial charge in [-0.3, -0.25) is 0 Å². The molecule has 0 saturated heterocycles. The van der Waals surface area contributed by atoms with Crippen LogP contribution in [0.25, 0.3) is 0 Å². The van der Waals surface area contributed by atoms with Gasteiger partial charge in [-0.05, 0) is 53.8 Å². The lowest BCUT2D eigenvalue weighted by Crippen LogP contribution is -2.29. The van der Waals surface area contributed by atoms with Gasteiger partial charge in [0, 0.05) is 0 Å². The van der Waals surface area contributed by atoms with Crippen LogP contribution in [0.15, 0.2) is 22.7 Å². The van der Waals surface area contributed by atoms with Crippen molar-refractivity contribution >= 4 is 24.2 Å². The Kier molecular flexibility index (Phi) is 4.13. The van der Waals surface area contributed by atoms with Crippen molar-refractivity contribution in [3.8, 4) is 11.5 Å². The molecule has 96 valence electrons. The minimum absolute atomic E-state index is 0.271. The quantitative estimate of drug-likeness (QED) is 0.757. The monoisotopic (exact) mass is 328 g/mol. The van der Waals surface area contributed by atoms with E-state index in [2.05, 4.69) is 20.7 Å². The van der Waals surface area contributed by atoms with E-state index in [-0.39, 0.29) is 5.75 Å². The van der Waals surface area contributed by atoms with Gasteiger partial charge in [-0.15, -0.1) is 13.2 Å². The van der Waals surface area contributed by atoms with Gasteiger partial charge in [0.15, 0.2) is 0 Å². The Labute approximate surface area is 107 Å². The zero-order valence-corrected chi connectivity index (χ0v) is 12.1. The highest BCUT2D eigenvalue weighted by Crippen LogP contribution is 2.33. The van der Waals surface area contributed by atoms with Gasteiger partial charge in [-0.25, -0.2) is 0 Å². The normalized spacial score (nSPS) is 12.4. The molecular formula is C10H12BrF3O2Si. The zero-order valence-electron chi connectivity index (χ0n) is 9.56. The molecule has 17 heavy (non-hydrogen) atoms. The number of ether oxygens (including phenoxy) is 1. The molecule has 0 aliphatic carbocycles. The lowest BCUT2D eigenvalue weighted by Gasteiger charge is -2.20. The third kappa shape index (κ3) is 5.45. The lowest BCUT2D eigenvalue weighted by molar-refractivity contribution is -0.274. The van der Waals surface area contributed by atoms with E-state index in [9.17, 15) is 13.2 Å². The summed E-state index contributed by atoms with van der Waals surface area (Å²) in [4.78, 5) is 0. The molecular weight excluding hydrogens is 317 g/mol. The van der Waals surface area contributed by atoms with Crippen LogP contribution in [-0.4, -0.2) is 14.7 Å². The van der Waals surface area contributed by atoms with Gasteiger partial charge in [-0.1, -0.05) is 0 Å². The second-order valence-corrected chi connectivity index (χ2v) is 9.64. The van der Waals surface area contributed by atoms with Crippen LogP contribution in [0, 0.1) is 0 Å². The molecule has 0 atom stereocenters. The first-order valence-electron chi connectivity index (χ1n) is 4.81. The predicted molar refractivity (Wildman–Crippen MR) is 64.8 cm³/mol. The van der Waals surface area contributed by atoms with Gasteiger partial charge in [0.25, 0.3) is 0 Å². The molecule has 0 fully saturated rings. The number of hydrogen-bond donors (Lipinski definition) is 0. The van der Waals surface area contributed by atoms with Crippen LogP contribution in [0.5, 0.6) is 11.5 Å².